The van der Waals surface area contributed by atoms with Crippen LogP contribution in [0.2, 0.25) is 0 Å². The van der Waals surface area contributed by atoms with E-state index in [0.717, 1.165) is 25.2 Å². The van der Waals surface area contributed by atoms with Crippen molar-refractivity contribution in [1.82, 2.24) is 15.5 Å². The minimum absolute atomic E-state index is 0.0432. The summed E-state index contributed by atoms with van der Waals surface area (Å²) in [5.41, 5.74) is 0.694. The number of carbonyl (C=O) groups excluding carboxylic acids is 1. The van der Waals surface area contributed by atoms with Gasteiger partial charge in [-0.2, -0.15) is 5.10 Å². The molecule has 1 aliphatic heterocycles. The summed E-state index contributed by atoms with van der Waals surface area (Å²) in [5, 5.41) is 22.6. The van der Waals surface area contributed by atoms with E-state index in [0.29, 0.717) is 12.2 Å². The van der Waals surface area contributed by atoms with Crippen molar-refractivity contribution >= 4 is 23.1 Å². The Kier molecular flexibility index (Phi) is 6.26. The number of hydrogen-bond acceptors (Lipinski definition) is 7. The fourth-order valence-electron chi connectivity index (χ4n) is 3.67. The number of rotatable bonds is 7. The molecule has 3 rings (SSSR count). The van der Waals surface area contributed by atoms with E-state index in [1.54, 1.807) is 18.3 Å². The highest BCUT2D eigenvalue weighted by Crippen LogP contribution is 2.31. The zero-order chi connectivity index (χ0) is 21.0. The quantitative estimate of drug-likeness (QED) is 0.565. The lowest BCUT2D eigenvalue weighted by molar-refractivity contribution is -0.384. The summed E-state index contributed by atoms with van der Waals surface area (Å²) >= 11 is 0. The van der Waals surface area contributed by atoms with E-state index < -0.39 is 4.92 Å². The number of likely N-dealkylation sites (N-methyl/N-ethyl adjacent to an activating group) is 1. The molecular weight excluding hydrogens is 372 g/mol. The summed E-state index contributed by atoms with van der Waals surface area (Å²) in [6, 6.07) is 8.54. The summed E-state index contributed by atoms with van der Waals surface area (Å²) in [6.45, 7) is 5.18. The Labute approximate surface area is 169 Å². The highest BCUT2D eigenvalue weighted by molar-refractivity contribution is 5.95. The number of nitro groups is 1. The van der Waals surface area contributed by atoms with Gasteiger partial charge < -0.3 is 15.1 Å². The van der Waals surface area contributed by atoms with Crippen molar-refractivity contribution < 1.29 is 9.72 Å². The Morgan fingerprint density at radius 2 is 2.21 bits per heavy atom. The first-order chi connectivity index (χ1) is 13.9. The molecule has 29 heavy (non-hydrogen) atoms. The van der Waals surface area contributed by atoms with Crippen LogP contribution in [-0.4, -0.2) is 53.2 Å². The molecule has 1 amide bonds. The Bertz CT molecular complexity index is 874. The third-order valence-electron chi connectivity index (χ3n) is 4.98. The molecule has 154 valence electrons. The maximum absolute atomic E-state index is 12.2. The van der Waals surface area contributed by atoms with Gasteiger partial charge in [0.15, 0.2) is 5.82 Å². The predicted octanol–water partition coefficient (Wildman–Crippen LogP) is 2.63. The third-order valence-corrected chi connectivity index (χ3v) is 4.98. The van der Waals surface area contributed by atoms with Crippen LogP contribution in [0.5, 0.6) is 0 Å². The van der Waals surface area contributed by atoms with Crippen LogP contribution in [0.4, 0.5) is 17.2 Å². The van der Waals surface area contributed by atoms with Crippen LogP contribution in [-0.2, 0) is 0 Å². The monoisotopic (exact) mass is 398 g/mol. The fourth-order valence-corrected chi connectivity index (χ4v) is 3.67. The molecule has 2 aromatic rings. The lowest BCUT2D eigenvalue weighted by atomic mass is 10.1. The van der Waals surface area contributed by atoms with E-state index in [4.69, 9.17) is 0 Å². The lowest BCUT2D eigenvalue weighted by Gasteiger charge is -2.30. The van der Waals surface area contributed by atoms with Gasteiger partial charge in [0.1, 0.15) is 5.69 Å². The maximum Gasteiger partial charge on any atom is 0.293 e. The molecule has 0 bridgehead atoms. The van der Waals surface area contributed by atoms with Crippen LogP contribution in [0.1, 0.15) is 37.0 Å². The lowest BCUT2D eigenvalue weighted by Crippen LogP contribution is -2.39. The van der Waals surface area contributed by atoms with Crippen LogP contribution >= 0.6 is 0 Å². The number of anilines is 2. The molecule has 0 spiro atoms. The summed E-state index contributed by atoms with van der Waals surface area (Å²) in [5.74, 6) is 0.500. The molecule has 0 saturated carbocycles. The SMILES string of the molecule is CC(C)NC(=O)c1ccc(N(C)CC2CCCN2c2cccnn2)c([N+](=O)[O-])c1. The van der Waals surface area contributed by atoms with Crippen LogP contribution in [0, 0.1) is 10.1 Å². The van der Waals surface area contributed by atoms with Crippen LogP contribution in [0.15, 0.2) is 36.5 Å². The van der Waals surface area contributed by atoms with Crippen molar-refractivity contribution in [2.45, 2.75) is 38.8 Å². The second-order valence-electron chi connectivity index (χ2n) is 7.54. The normalized spacial score (nSPS) is 16.1. The standard InChI is InChI=1S/C20H26N6O3/c1-14(2)22-20(27)15-8-9-17(18(12-15)26(28)29)24(3)13-16-6-5-11-25(16)19-7-4-10-21-23-19/h4,7-10,12,14,16H,5-6,11,13H2,1-3H3,(H,22,27). The van der Waals surface area contributed by atoms with Gasteiger partial charge in [0.2, 0.25) is 0 Å². The molecule has 1 aromatic heterocycles. The number of benzene rings is 1. The molecular formula is C20H26N6O3. The van der Waals surface area contributed by atoms with E-state index in [9.17, 15) is 14.9 Å². The molecule has 1 fully saturated rings. The molecule has 2 heterocycles. The molecule has 1 N–H and O–H groups in total. The average molecular weight is 398 g/mol. The van der Waals surface area contributed by atoms with E-state index >= 15 is 0 Å². The van der Waals surface area contributed by atoms with E-state index in [1.807, 2.05) is 37.9 Å². The summed E-state index contributed by atoms with van der Waals surface area (Å²) in [6.07, 6.45) is 3.65. The minimum atomic E-state index is -0.437. The highest BCUT2D eigenvalue weighted by atomic mass is 16.6. The van der Waals surface area contributed by atoms with Gasteiger partial charge in [0.25, 0.3) is 11.6 Å². The zero-order valence-electron chi connectivity index (χ0n) is 16.9. The first kappa shape index (κ1) is 20.5. The van der Waals surface area contributed by atoms with Gasteiger partial charge in [-0.15, -0.1) is 5.10 Å². The van der Waals surface area contributed by atoms with E-state index in [1.165, 1.54) is 6.07 Å². The summed E-state index contributed by atoms with van der Waals surface area (Å²) < 4.78 is 0. The molecule has 9 nitrogen and oxygen atoms in total. The molecule has 0 aliphatic carbocycles. The van der Waals surface area contributed by atoms with Gasteiger partial charge in [0.05, 0.1) is 4.92 Å². The zero-order valence-corrected chi connectivity index (χ0v) is 16.9. The van der Waals surface area contributed by atoms with Crippen molar-refractivity contribution in [3.05, 3.63) is 52.2 Å². The van der Waals surface area contributed by atoms with Crippen LogP contribution in [0.3, 0.4) is 0 Å². The van der Waals surface area contributed by atoms with Crippen molar-refractivity contribution in [2.24, 2.45) is 0 Å². The highest BCUT2D eigenvalue weighted by Gasteiger charge is 2.29. The molecule has 1 aliphatic rings. The van der Waals surface area contributed by atoms with Gasteiger partial charge in [-0.3, -0.25) is 14.9 Å². The Morgan fingerprint density at radius 3 is 2.86 bits per heavy atom. The number of nitrogens with one attached hydrogen (secondary N) is 1. The average Bonchev–Trinajstić information content (AvgIpc) is 3.15. The third kappa shape index (κ3) is 4.79. The number of carbonyl (C=O) groups is 1. The molecule has 1 aromatic carbocycles. The topological polar surface area (TPSA) is 104 Å². The number of nitrogens with zero attached hydrogens (tertiary/aromatic N) is 5. The van der Waals surface area contributed by atoms with Gasteiger partial charge in [-0.25, -0.2) is 0 Å². The molecule has 1 atom stereocenters. The number of hydrogen-bond donors (Lipinski definition) is 1. The Morgan fingerprint density at radius 1 is 1.41 bits per heavy atom. The van der Waals surface area contributed by atoms with Gasteiger partial charge in [0, 0.05) is 50.0 Å². The van der Waals surface area contributed by atoms with Gasteiger partial charge in [-0.05, 0) is 51.0 Å². The predicted molar refractivity (Wildman–Crippen MR) is 111 cm³/mol. The van der Waals surface area contributed by atoms with Crippen LogP contribution in [0.25, 0.3) is 0 Å². The molecule has 1 saturated heterocycles. The second-order valence-corrected chi connectivity index (χ2v) is 7.54. The van der Waals surface area contributed by atoms with E-state index in [-0.39, 0.29) is 29.2 Å². The molecule has 9 heteroatoms. The fraction of sp³-hybridized carbons (Fsp3) is 0.450. The van der Waals surface area contributed by atoms with Crippen molar-refractivity contribution in [3.63, 3.8) is 0 Å². The van der Waals surface area contributed by atoms with E-state index in [2.05, 4.69) is 20.4 Å². The second kappa shape index (κ2) is 8.85. The first-order valence-electron chi connectivity index (χ1n) is 9.71. The number of amides is 1. The number of aromatic nitrogens is 2. The summed E-state index contributed by atoms with van der Waals surface area (Å²) in [7, 11) is 1.84. The van der Waals surface area contributed by atoms with Gasteiger partial charge >= 0.3 is 0 Å². The minimum Gasteiger partial charge on any atom is -0.367 e. The Balaban J connectivity index is 1.80. The molecule has 0 radical (unpaired) electrons. The van der Waals surface area contributed by atoms with Gasteiger partial charge in [-0.1, -0.05) is 0 Å². The first-order valence-corrected chi connectivity index (χ1v) is 9.71. The Hall–Kier alpha value is -3.23. The smallest absolute Gasteiger partial charge is 0.293 e. The van der Waals surface area contributed by atoms with Crippen molar-refractivity contribution in [2.75, 3.05) is 29.9 Å². The molecule has 1 unspecified atom stereocenters. The van der Waals surface area contributed by atoms with Crippen molar-refractivity contribution in [3.8, 4) is 0 Å². The number of nitro benzene ring substituents is 1. The largest absolute Gasteiger partial charge is 0.367 e. The maximum atomic E-state index is 12.2. The van der Waals surface area contributed by atoms with Crippen LogP contribution < -0.4 is 15.1 Å². The van der Waals surface area contributed by atoms with Crippen molar-refractivity contribution in [1.29, 1.82) is 0 Å². The summed E-state index contributed by atoms with van der Waals surface area (Å²) in [4.78, 5) is 27.5.